The molecule has 1 aromatic rings. The number of nitrogens with two attached hydrogens (primary N) is 1. The standard InChI is InChI=1S/C14H23N3/c1-3-14(4-2)7-9-17(11-14)13-6-5-8-16-12(13)10-15/h5-6,8H,3-4,7,9-11,15H2,1-2H3. The molecule has 1 aliphatic heterocycles. The Kier molecular flexibility index (Phi) is 3.67. The van der Waals surface area contributed by atoms with Crippen LogP contribution in [0.3, 0.4) is 0 Å². The Labute approximate surface area is 104 Å². The number of pyridine rings is 1. The van der Waals surface area contributed by atoms with Crippen LogP contribution in [0.5, 0.6) is 0 Å². The minimum Gasteiger partial charge on any atom is -0.369 e. The second kappa shape index (κ2) is 5.05. The molecule has 0 aromatic carbocycles. The van der Waals surface area contributed by atoms with Gasteiger partial charge in [-0.15, -0.1) is 0 Å². The third-order valence-electron chi connectivity index (χ3n) is 4.34. The summed E-state index contributed by atoms with van der Waals surface area (Å²) in [6.07, 6.45) is 5.64. The SMILES string of the molecule is CCC1(CC)CCN(c2cccnc2CN)C1. The van der Waals surface area contributed by atoms with Crippen LogP contribution >= 0.6 is 0 Å². The molecule has 0 saturated carbocycles. The van der Waals surface area contributed by atoms with Gasteiger partial charge in [-0.05, 0) is 36.8 Å². The van der Waals surface area contributed by atoms with Gasteiger partial charge >= 0.3 is 0 Å². The van der Waals surface area contributed by atoms with E-state index in [1.807, 2.05) is 12.3 Å². The maximum atomic E-state index is 5.76. The zero-order valence-corrected chi connectivity index (χ0v) is 10.9. The van der Waals surface area contributed by atoms with E-state index in [0.29, 0.717) is 12.0 Å². The van der Waals surface area contributed by atoms with Crippen LogP contribution in [0, 0.1) is 5.41 Å². The van der Waals surface area contributed by atoms with Crippen molar-refractivity contribution < 1.29 is 0 Å². The lowest BCUT2D eigenvalue weighted by molar-refractivity contribution is 0.301. The minimum atomic E-state index is 0.502. The maximum Gasteiger partial charge on any atom is 0.0772 e. The Balaban J connectivity index is 2.20. The second-order valence-corrected chi connectivity index (χ2v) is 5.05. The van der Waals surface area contributed by atoms with Crippen LogP contribution in [0.1, 0.15) is 38.8 Å². The highest BCUT2D eigenvalue weighted by Gasteiger charge is 2.35. The molecule has 3 heteroatoms. The molecule has 1 aliphatic rings. The molecule has 2 rings (SSSR count). The lowest BCUT2D eigenvalue weighted by Crippen LogP contribution is -2.27. The molecule has 94 valence electrons. The van der Waals surface area contributed by atoms with Gasteiger partial charge < -0.3 is 10.6 Å². The fourth-order valence-corrected chi connectivity index (χ4v) is 2.84. The summed E-state index contributed by atoms with van der Waals surface area (Å²) >= 11 is 0. The predicted molar refractivity (Wildman–Crippen MR) is 72.0 cm³/mol. The molecule has 0 bridgehead atoms. The van der Waals surface area contributed by atoms with Crippen LogP contribution < -0.4 is 10.6 Å². The Morgan fingerprint density at radius 2 is 2.18 bits per heavy atom. The first-order valence-electron chi connectivity index (χ1n) is 6.63. The van der Waals surface area contributed by atoms with E-state index in [4.69, 9.17) is 5.73 Å². The highest BCUT2D eigenvalue weighted by molar-refractivity contribution is 5.51. The van der Waals surface area contributed by atoms with Gasteiger partial charge in [-0.3, -0.25) is 4.98 Å². The quantitative estimate of drug-likeness (QED) is 0.869. The molecular formula is C14H23N3. The van der Waals surface area contributed by atoms with Crippen molar-refractivity contribution in [2.75, 3.05) is 18.0 Å². The molecule has 0 spiro atoms. The molecule has 2 N–H and O–H groups in total. The van der Waals surface area contributed by atoms with Crippen molar-refractivity contribution in [3.63, 3.8) is 0 Å². The van der Waals surface area contributed by atoms with E-state index in [2.05, 4.69) is 29.8 Å². The molecule has 17 heavy (non-hydrogen) atoms. The normalized spacial score (nSPS) is 18.6. The highest BCUT2D eigenvalue weighted by atomic mass is 15.2. The summed E-state index contributed by atoms with van der Waals surface area (Å²) in [7, 11) is 0. The molecule has 3 nitrogen and oxygen atoms in total. The second-order valence-electron chi connectivity index (χ2n) is 5.05. The zero-order valence-electron chi connectivity index (χ0n) is 10.9. The van der Waals surface area contributed by atoms with Crippen LogP contribution in [-0.2, 0) is 6.54 Å². The first-order valence-corrected chi connectivity index (χ1v) is 6.63. The fraction of sp³-hybridized carbons (Fsp3) is 0.643. The van der Waals surface area contributed by atoms with Gasteiger partial charge in [0.05, 0.1) is 11.4 Å². The largest absolute Gasteiger partial charge is 0.369 e. The summed E-state index contributed by atoms with van der Waals surface area (Å²) in [6.45, 7) is 7.43. The lowest BCUT2D eigenvalue weighted by atomic mass is 9.82. The maximum absolute atomic E-state index is 5.76. The summed E-state index contributed by atoms with van der Waals surface area (Å²) in [4.78, 5) is 6.84. The first kappa shape index (κ1) is 12.4. The number of nitrogens with zero attached hydrogens (tertiary/aromatic N) is 2. The summed E-state index contributed by atoms with van der Waals surface area (Å²) < 4.78 is 0. The Hall–Kier alpha value is -1.09. The minimum absolute atomic E-state index is 0.502. The number of hydrogen-bond donors (Lipinski definition) is 1. The topological polar surface area (TPSA) is 42.2 Å². The lowest BCUT2D eigenvalue weighted by Gasteiger charge is -2.27. The first-order chi connectivity index (χ1) is 8.24. The summed E-state index contributed by atoms with van der Waals surface area (Å²) in [6, 6.07) is 4.16. The van der Waals surface area contributed by atoms with Crippen LogP contribution in [-0.4, -0.2) is 18.1 Å². The summed E-state index contributed by atoms with van der Waals surface area (Å²) in [5.74, 6) is 0. The van der Waals surface area contributed by atoms with E-state index in [-0.39, 0.29) is 0 Å². The van der Waals surface area contributed by atoms with Crippen molar-refractivity contribution in [2.24, 2.45) is 11.1 Å². The molecule has 1 saturated heterocycles. The van der Waals surface area contributed by atoms with Gasteiger partial charge in [0.15, 0.2) is 0 Å². The summed E-state index contributed by atoms with van der Waals surface area (Å²) in [5, 5.41) is 0. The zero-order chi connectivity index (χ0) is 12.3. The molecule has 1 aromatic heterocycles. The average Bonchev–Trinajstić information content (AvgIpc) is 2.83. The molecule has 1 fully saturated rings. The molecule has 0 atom stereocenters. The molecule has 0 aliphatic carbocycles. The third kappa shape index (κ3) is 2.29. The van der Waals surface area contributed by atoms with Crippen molar-refractivity contribution in [3.05, 3.63) is 24.0 Å². The number of hydrogen-bond acceptors (Lipinski definition) is 3. The molecule has 0 radical (unpaired) electrons. The van der Waals surface area contributed by atoms with E-state index >= 15 is 0 Å². The Morgan fingerprint density at radius 3 is 2.76 bits per heavy atom. The van der Waals surface area contributed by atoms with Gasteiger partial charge in [-0.1, -0.05) is 13.8 Å². The molecule has 0 unspecified atom stereocenters. The van der Waals surface area contributed by atoms with Gasteiger partial charge in [-0.25, -0.2) is 0 Å². The van der Waals surface area contributed by atoms with Crippen molar-refractivity contribution in [1.29, 1.82) is 0 Å². The van der Waals surface area contributed by atoms with Crippen LogP contribution in [0.2, 0.25) is 0 Å². The molecule has 2 heterocycles. The highest BCUT2D eigenvalue weighted by Crippen LogP contribution is 2.39. The number of rotatable bonds is 4. The predicted octanol–water partition coefficient (Wildman–Crippen LogP) is 2.56. The van der Waals surface area contributed by atoms with Gasteiger partial charge in [-0.2, -0.15) is 0 Å². The van der Waals surface area contributed by atoms with Crippen molar-refractivity contribution in [2.45, 2.75) is 39.7 Å². The van der Waals surface area contributed by atoms with E-state index in [1.54, 1.807) is 0 Å². The smallest absolute Gasteiger partial charge is 0.0772 e. The van der Waals surface area contributed by atoms with Crippen molar-refractivity contribution in [3.8, 4) is 0 Å². The number of anilines is 1. The van der Waals surface area contributed by atoms with Gasteiger partial charge in [0.25, 0.3) is 0 Å². The monoisotopic (exact) mass is 233 g/mol. The van der Waals surface area contributed by atoms with Crippen molar-refractivity contribution >= 4 is 5.69 Å². The Morgan fingerprint density at radius 1 is 1.41 bits per heavy atom. The van der Waals surface area contributed by atoms with E-state index in [9.17, 15) is 0 Å². The summed E-state index contributed by atoms with van der Waals surface area (Å²) in [5.41, 5.74) is 8.52. The van der Waals surface area contributed by atoms with Gasteiger partial charge in [0.2, 0.25) is 0 Å². The van der Waals surface area contributed by atoms with E-state index in [1.165, 1.54) is 24.9 Å². The molecular weight excluding hydrogens is 210 g/mol. The van der Waals surface area contributed by atoms with Crippen LogP contribution in [0.4, 0.5) is 5.69 Å². The van der Waals surface area contributed by atoms with Gasteiger partial charge in [0, 0.05) is 25.8 Å². The average molecular weight is 233 g/mol. The van der Waals surface area contributed by atoms with Crippen LogP contribution in [0.25, 0.3) is 0 Å². The molecule has 0 amide bonds. The fourth-order valence-electron chi connectivity index (χ4n) is 2.84. The number of aromatic nitrogens is 1. The van der Waals surface area contributed by atoms with E-state index in [0.717, 1.165) is 18.8 Å². The van der Waals surface area contributed by atoms with Gasteiger partial charge in [0.1, 0.15) is 0 Å². The Bertz CT molecular complexity index is 371. The van der Waals surface area contributed by atoms with Crippen molar-refractivity contribution in [1.82, 2.24) is 4.98 Å². The third-order valence-corrected chi connectivity index (χ3v) is 4.34. The van der Waals surface area contributed by atoms with Crippen LogP contribution in [0.15, 0.2) is 18.3 Å². The van der Waals surface area contributed by atoms with E-state index < -0.39 is 0 Å².